The molecule has 3 heteroatoms. The number of rotatable bonds is 4. The topological polar surface area (TPSA) is 41.5 Å². The molecular weight excluding hydrogens is 226 g/mol. The third-order valence-electron chi connectivity index (χ3n) is 5.58. The van der Waals surface area contributed by atoms with Crippen molar-refractivity contribution in [3.8, 4) is 0 Å². The minimum Gasteiger partial charge on any atom is -0.392 e. The third kappa shape index (κ3) is 2.00. The van der Waals surface area contributed by atoms with Gasteiger partial charge in [-0.05, 0) is 39.0 Å². The number of ether oxygens (including phenoxy) is 1. The van der Waals surface area contributed by atoms with Gasteiger partial charge >= 0.3 is 0 Å². The van der Waals surface area contributed by atoms with E-state index in [1.54, 1.807) is 0 Å². The van der Waals surface area contributed by atoms with Crippen molar-refractivity contribution in [1.82, 2.24) is 5.32 Å². The minimum atomic E-state index is -0.123. The van der Waals surface area contributed by atoms with Crippen LogP contribution in [-0.4, -0.2) is 36.0 Å². The maximum absolute atomic E-state index is 10.1. The Kier molecular flexibility index (Phi) is 3.65. The molecule has 0 aromatic heterocycles. The molecule has 18 heavy (non-hydrogen) atoms. The van der Waals surface area contributed by atoms with Gasteiger partial charge in [-0.2, -0.15) is 0 Å². The highest BCUT2D eigenvalue weighted by atomic mass is 16.5. The first-order chi connectivity index (χ1) is 8.76. The van der Waals surface area contributed by atoms with E-state index in [4.69, 9.17) is 4.74 Å². The zero-order chi connectivity index (χ0) is 12.6. The summed E-state index contributed by atoms with van der Waals surface area (Å²) in [6.07, 6.45) is 10.1. The predicted molar refractivity (Wildman–Crippen MR) is 71.5 cm³/mol. The SMILES string of the molecule is CCOC1CC(NC2CCCCC2O)C12CCC2. The van der Waals surface area contributed by atoms with Crippen LogP contribution in [0.1, 0.15) is 58.3 Å². The molecule has 104 valence electrons. The Morgan fingerprint density at radius 1 is 1.22 bits per heavy atom. The van der Waals surface area contributed by atoms with Gasteiger partial charge < -0.3 is 15.2 Å². The first-order valence-corrected chi connectivity index (χ1v) is 7.82. The molecule has 0 amide bonds. The molecule has 1 spiro atoms. The molecule has 0 bridgehead atoms. The number of aliphatic hydroxyl groups excluding tert-OH is 1. The number of hydrogen-bond donors (Lipinski definition) is 2. The van der Waals surface area contributed by atoms with E-state index in [0.29, 0.717) is 23.6 Å². The lowest BCUT2D eigenvalue weighted by atomic mass is 9.50. The standard InChI is InChI=1S/C15H27NO2/c1-2-18-14-10-13(15(14)8-5-9-15)16-11-6-3-4-7-12(11)17/h11-14,16-17H,2-10H2,1H3. The molecule has 3 aliphatic carbocycles. The molecule has 0 aromatic carbocycles. The summed E-state index contributed by atoms with van der Waals surface area (Å²) in [4.78, 5) is 0. The fraction of sp³-hybridized carbons (Fsp3) is 1.00. The molecule has 4 atom stereocenters. The minimum absolute atomic E-state index is 0.123. The van der Waals surface area contributed by atoms with Gasteiger partial charge in [-0.25, -0.2) is 0 Å². The number of hydrogen-bond acceptors (Lipinski definition) is 3. The summed E-state index contributed by atoms with van der Waals surface area (Å²) in [5.74, 6) is 0. The maximum Gasteiger partial charge on any atom is 0.0693 e. The van der Waals surface area contributed by atoms with Gasteiger partial charge in [-0.15, -0.1) is 0 Å². The van der Waals surface area contributed by atoms with Crippen molar-refractivity contribution in [2.45, 2.75) is 82.6 Å². The Hall–Kier alpha value is -0.120. The zero-order valence-electron chi connectivity index (χ0n) is 11.5. The van der Waals surface area contributed by atoms with Gasteiger partial charge in [0.25, 0.3) is 0 Å². The van der Waals surface area contributed by atoms with Crippen LogP contribution in [0.3, 0.4) is 0 Å². The van der Waals surface area contributed by atoms with Crippen LogP contribution < -0.4 is 5.32 Å². The number of nitrogens with one attached hydrogen (secondary N) is 1. The molecular formula is C15H27NO2. The van der Waals surface area contributed by atoms with Gasteiger partial charge in [0.05, 0.1) is 12.2 Å². The van der Waals surface area contributed by atoms with Crippen LogP contribution in [0.2, 0.25) is 0 Å². The Morgan fingerprint density at radius 2 is 2.00 bits per heavy atom. The van der Waals surface area contributed by atoms with Gasteiger partial charge in [-0.1, -0.05) is 19.3 Å². The molecule has 0 heterocycles. The molecule has 0 aromatic rings. The second kappa shape index (κ2) is 5.10. The van der Waals surface area contributed by atoms with Crippen LogP contribution in [0.5, 0.6) is 0 Å². The highest BCUT2D eigenvalue weighted by Crippen LogP contribution is 2.57. The molecule has 0 saturated heterocycles. The van der Waals surface area contributed by atoms with Crippen LogP contribution >= 0.6 is 0 Å². The average molecular weight is 253 g/mol. The van der Waals surface area contributed by atoms with Crippen molar-refractivity contribution >= 4 is 0 Å². The van der Waals surface area contributed by atoms with E-state index in [-0.39, 0.29) is 6.10 Å². The Morgan fingerprint density at radius 3 is 2.61 bits per heavy atom. The van der Waals surface area contributed by atoms with E-state index >= 15 is 0 Å². The van der Waals surface area contributed by atoms with Crippen molar-refractivity contribution in [3.05, 3.63) is 0 Å². The van der Waals surface area contributed by atoms with E-state index in [1.165, 1.54) is 32.1 Å². The lowest BCUT2D eigenvalue weighted by molar-refractivity contribution is -0.177. The van der Waals surface area contributed by atoms with E-state index < -0.39 is 0 Å². The van der Waals surface area contributed by atoms with Crippen molar-refractivity contribution in [2.75, 3.05) is 6.61 Å². The Labute approximate surface area is 110 Å². The van der Waals surface area contributed by atoms with Crippen LogP contribution in [0.15, 0.2) is 0 Å². The smallest absolute Gasteiger partial charge is 0.0693 e. The van der Waals surface area contributed by atoms with Crippen LogP contribution in [0, 0.1) is 5.41 Å². The monoisotopic (exact) mass is 253 g/mol. The first-order valence-electron chi connectivity index (χ1n) is 7.82. The molecule has 0 aliphatic heterocycles. The largest absolute Gasteiger partial charge is 0.392 e. The van der Waals surface area contributed by atoms with E-state index in [9.17, 15) is 5.11 Å². The molecule has 3 aliphatic rings. The third-order valence-corrected chi connectivity index (χ3v) is 5.58. The fourth-order valence-corrected chi connectivity index (χ4v) is 4.24. The molecule has 3 saturated carbocycles. The summed E-state index contributed by atoms with van der Waals surface area (Å²) >= 11 is 0. The van der Waals surface area contributed by atoms with Gasteiger partial charge in [0, 0.05) is 24.1 Å². The van der Waals surface area contributed by atoms with Crippen LogP contribution in [-0.2, 0) is 4.74 Å². The van der Waals surface area contributed by atoms with Crippen LogP contribution in [0.25, 0.3) is 0 Å². The highest BCUT2D eigenvalue weighted by molar-refractivity contribution is 5.13. The summed E-state index contributed by atoms with van der Waals surface area (Å²) in [5, 5.41) is 13.8. The maximum atomic E-state index is 10.1. The molecule has 2 N–H and O–H groups in total. The van der Waals surface area contributed by atoms with Crippen molar-refractivity contribution in [3.63, 3.8) is 0 Å². The summed E-state index contributed by atoms with van der Waals surface area (Å²) < 4.78 is 5.88. The quantitative estimate of drug-likeness (QED) is 0.807. The summed E-state index contributed by atoms with van der Waals surface area (Å²) in [6.45, 7) is 2.93. The lowest BCUT2D eigenvalue weighted by Crippen LogP contribution is -2.69. The summed E-state index contributed by atoms with van der Waals surface area (Å²) in [6, 6.07) is 0.935. The summed E-state index contributed by atoms with van der Waals surface area (Å²) in [7, 11) is 0. The van der Waals surface area contributed by atoms with Gasteiger partial charge in [0.2, 0.25) is 0 Å². The van der Waals surface area contributed by atoms with Crippen LogP contribution in [0.4, 0.5) is 0 Å². The first kappa shape index (κ1) is 12.9. The van der Waals surface area contributed by atoms with Crippen molar-refractivity contribution < 1.29 is 9.84 Å². The molecule has 0 radical (unpaired) electrons. The Balaban J connectivity index is 1.57. The zero-order valence-corrected chi connectivity index (χ0v) is 11.5. The summed E-state index contributed by atoms with van der Waals surface area (Å²) in [5.41, 5.74) is 0.424. The van der Waals surface area contributed by atoms with Gasteiger partial charge in [0.1, 0.15) is 0 Å². The second-order valence-electron chi connectivity index (χ2n) is 6.44. The number of aliphatic hydroxyl groups is 1. The lowest BCUT2D eigenvalue weighted by Gasteiger charge is -2.62. The Bertz CT molecular complexity index is 290. The second-order valence-corrected chi connectivity index (χ2v) is 6.44. The van der Waals surface area contributed by atoms with E-state index in [2.05, 4.69) is 12.2 Å². The van der Waals surface area contributed by atoms with Gasteiger partial charge in [-0.3, -0.25) is 0 Å². The van der Waals surface area contributed by atoms with Gasteiger partial charge in [0.15, 0.2) is 0 Å². The van der Waals surface area contributed by atoms with E-state index in [1.807, 2.05) is 0 Å². The average Bonchev–Trinajstić information content (AvgIpc) is 2.28. The molecule has 3 rings (SSSR count). The molecule has 3 fully saturated rings. The van der Waals surface area contributed by atoms with Crippen molar-refractivity contribution in [2.24, 2.45) is 5.41 Å². The normalized spacial score (nSPS) is 42.3. The van der Waals surface area contributed by atoms with Crippen molar-refractivity contribution in [1.29, 1.82) is 0 Å². The fourth-order valence-electron chi connectivity index (χ4n) is 4.24. The highest BCUT2D eigenvalue weighted by Gasteiger charge is 2.59. The molecule has 4 unspecified atom stereocenters. The molecule has 3 nitrogen and oxygen atoms in total. The predicted octanol–water partition coefficient (Wildman–Crippen LogP) is 2.23. The van der Waals surface area contributed by atoms with E-state index in [0.717, 1.165) is 25.9 Å².